The Morgan fingerprint density at radius 3 is 2.69 bits per heavy atom. The molecular formula is C23H27NO5. The molecule has 2 aromatic rings. The number of ether oxygens (including phenoxy) is 2. The monoisotopic (exact) mass is 397 g/mol. The molecule has 2 aromatic carbocycles. The van der Waals surface area contributed by atoms with Gasteiger partial charge in [0.25, 0.3) is 5.91 Å². The van der Waals surface area contributed by atoms with Crippen LogP contribution in [0.5, 0.6) is 5.75 Å². The van der Waals surface area contributed by atoms with Crippen molar-refractivity contribution in [2.75, 3.05) is 33.4 Å². The summed E-state index contributed by atoms with van der Waals surface area (Å²) in [5.74, 6) is -0.319. The number of carbonyl (C=O) groups excluding carboxylic acids is 1. The molecule has 1 aliphatic heterocycles. The van der Waals surface area contributed by atoms with E-state index in [4.69, 9.17) is 9.47 Å². The summed E-state index contributed by atoms with van der Waals surface area (Å²) in [6.45, 7) is 3.27. The average molecular weight is 397 g/mol. The minimum atomic E-state index is -1.05. The molecule has 3 rings (SSSR count). The van der Waals surface area contributed by atoms with Gasteiger partial charge in [-0.15, -0.1) is 0 Å². The normalized spacial score (nSPS) is 19.0. The molecule has 29 heavy (non-hydrogen) atoms. The van der Waals surface area contributed by atoms with Gasteiger partial charge in [-0.05, 0) is 43.5 Å². The first kappa shape index (κ1) is 20.9. The van der Waals surface area contributed by atoms with Gasteiger partial charge in [0, 0.05) is 31.3 Å². The molecule has 1 N–H and O–H groups in total. The summed E-state index contributed by atoms with van der Waals surface area (Å²) in [6, 6.07) is 15.1. The van der Waals surface area contributed by atoms with Crippen LogP contribution in [-0.4, -0.2) is 55.3 Å². The van der Waals surface area contributed by atoms with Crippen molar-refractivity contribution in [1.82, 2.24) is 4.90 Å². The fourth-order valence-electron chi connectivity index (χ4n) is 3.92. The summed E-state index contributed by atoms with van der Waals surface area (Å²) in [4.78, 5) is 26.7. The number of benzene rings is 2. The predicted molar refractivity (Wildman–Crippen MR) is 110 cm³/mol. The first-order chi connectivity index (χ1) is 14.0. The first-order valence-corrected chi connectivity index (χ1v) is 9.84. The summed E-state index contributed by atoms with van der Waals surface area (Å²) in [6.07, 6.45) is 1.13. The maximum Gasteiger partial charge on any atom is 0.313 e. The van der Waals surface area contributed by atoms with Crippen LogP contribution in [0.15, 0.2) is 48.5 Å². The zero-order valence-corrected chi connectivity index (χ0v) is 16.9. The topological polar surface area (TPSA) is 76.1 Å². The Kier molecular flexibility index (Phi) is 6.54. The lowest BCUT2D eigenvalue weighted by Gasteiger charge is -2.39. The average Bonchev–Trinajstić information content (AvgIpc) is 2.74. The Morgan fingerprint density at radius 1 is 1.17 bits per heavy atom. The summed E-state index contributed by atoms with van der Waals surface area (Å²) < 4.78 is 10.9. The lowest BCUT2D eigenvalue weighted by Crippen LogP contribution is -2.52. The van der Waals surface area contributed by atoms with Crippen molar-refractivity contribution in [3.8, 4) is 16.9 Å². The van der Waals surface area contributed by atoms with Crippen LogP contribution in [0, 0.1) is 5.41 Å². The van der Waals surface area contributed by atoms with Gasteiger partial charge in [0.05, 0.1) is 13.2 Å². The number of methoxy groups -OCH3 is 1. The minimum absolute atomic E-state index is 0.0912. The van der Waals surface area contributed by atoms with Crippen molar-refractivity contribution in [3.05, 3.63) is 54.1 Å². The Labute approximate surface area is 171 Å². The number of carboxylic acid groups (broad SMARTS) is 1. The van der Waals surface area contributed by atoms with Crippen LogP contribution in [0.1, 0.15) is 30.1 Å². The van der Waals surface area contributed by atoms with Gasteiger partial charge in [-0.3, -0.25) is 9.59 Å². The van der Waals surface area contributed by atoms with Crippen molar-refractivity contribution < 1.29 is 24.2 Å². The Balaban J connectivity index is 1.87. The largest absolute Gasteiger partial charge is 0.493 e. The lowest BCUT2D eigenvalue weighted by atomic mass is 9.80. The highest BCUT2D eigenvalue weighted by Gasteiger charge is 2.44. The molecule has 1 saturated heterocycles. The van der Waals surface area contributed by atoms with E-state index in [0.29, 0.717) is 31.6 Å². The number of likely N-dealkylation sites (tertiary alicyclic amines) is 1. The number of rotatable bonds is 7. The fraction of sp³-hybridized carbons (Fsp3) is 0.391. The van der Waals surface area contributed by atoms with Crippen LogP contribution in [0.2, 0.25) is 0 Å². The Hall–Kier alpha value is -2.86. The molecule has 0 aliphatic carbocycles. The molecule has 0 aromatic heterocycles. The second-order valence-corrected chi connectivity index (χ2v) is 7.36. The number of amides is 1. The maximum atomic E-state index is 13.2. The van der Waals surface area contributed by atoms with Gasteiger partial charge in [-0.2, -0.15) is 0 Å². The SMILES string of the molecule is CCOc1ccccc1-c1cccc(C(=O)N2CCCC(COC)(C(=O)O)C2)c1. The van der Waals surface area contributed by atoms with E-state index in [2.05, 4.69) is 0 Å². The molecule has 6 heteroatoms. The lowest BCUT2D eigenvalue weighted by molar-refractivity contribution is -0.155. The number of hydrogen-bond acceptors (Lipinski definition) is 4. The van der Waals surface area contributed by atoms with Gasteiger partial charge < -0.3 is 19.5 Å². The Bertz CT molecular complexity index is 877. The smallest absolute Gasteiger partial charge is 0.313 e. The van der Waals surface area contributed by atoms with Gasteiger partial charge in [0.2, 0.25) is 0 Å². The molecule has 0 bridgehead atoms. The van der Waals surface area contributed by atoms with Crippen LogP contribution in [0.4, 0.5) is 0 Å². The van der Waals surface area contributed by atoms with Crippen molar-refractivity contribution >= 4 is 11.9 Å². The molecule has 1 fully saturated rings. The van der Waals surface area contributed by atoms with E-state index < -0.39 is 11.4 Å². The zero-order valence-electron chi connectivity index (χ0n) is 16.9. The van der Waals surface area contributed by atoms with Crippen LogP contribution < -0.4 is 4.74 Å². The number of carboxylic acids is 1. The number of carbonyl (C=O) groups is 2. The van der Waals surface area contributed by atoms with Crippen molar-refractivity contribution in [3.63, 3.8) is 0 Å². The van der Waals surface area contributed by atoms with E-state index in [0.717, 1.165) is 16.9 Å². The Morgan fingerprint density at radius 2 is 1.97 bits per heavy atom. The fourth-order valence-corrected chi connectivity index (χ4v) is 3.92. The molecular weight excluding hydrogens is 370 g/mol. The molecule has 154 valence electrons. The van der Waals surface area contributed by atoms with Gasteiger partial charge >= 0.3 is 5.97 Å². The zero-order chi connectivity index (χ0) is 20.9. The molecule has 1 aliphatic rings. The highest BCUT2D eigenvalue weighted by atomic mass is 16.5. The second kappa shape index (κ2) is 9.09. The van der Waals surface area contributed by atoms with Crippen LogP contribution >= 0.6 is 0 Å². The molecule has 1 amide bonds. The van der Waals surface area contributed by atoms with Gasteiger partial charge in [-0.1, -0.05) is 30.3 Å². The summed E-state index contributed by atoms with van der Waals surface area (Å²) in [5, 5.41) is 9.73. The van der Waals surface area contributed by atoms with Crippen LogP contribution in [0.3, 0.4) is 0 Å². The molecule has 1 unspecified atom stereocenters. The van der Waals surface area contributed by atoms with E-state index in [-0.39, 0.29) is 19.1 Å². The number of para-hydroxylation sites is 1. The van der Waals surface area contributed by atoms with Crippen LogP contribution in [0.25, 0.3) is 11.1 Å². The third-order valence-electron chi connectivity index (χ3n) is 5.35. The highest BCUT2D eigenvalue weighted by Crippen LogP contribution is 2.33. The third kappa shape index (κ3) is 4.43. The molecule has 6 nitrogen and oxygen atoms in total. The van der Waals surface area contributed by atoms with E-state index in [1.165, 1.54) is 7.11 Å². The van der Waals surface area contributed by atoms with E-state index in [1.54, 1.807) is 11.0 Å². The van der Waals surface area contributed by atoms with Gasteiger partial charge in [-0.25, -0.2) is 0 Å². The number of nitrogens with zero attached hydrogens (tertiary/aromatic N) is 1. The highest BCUT2D eigenvalue weighted by molar-refractivity contribution is 5.96. The van der Waals surface area contributed by atoms with Crippen molar-refractivity contribution in [1.29, 1.82) is 0 Å². The third-order valence-corrected chi connectivity index (χ3v) is 5.35. The molecule has 0 spiro atoms. The quantitative estimate of drug-likeness (QED) is 0.771. The van der Waals surface area contributed by atoms with Crippen molar-refractivity contribution in [2.24, 2.45) is 5.41 Å². The second-order valence-electron chi connectivity index (χ2n) is 7.36. The standard InChI is InChI=1S/C23H27NO5/c1-3-29-20-11-5-4-10-19(20)17-8-6-9-18(14-17)21(25)24-13-7-12-23(15-24,16-28-2)22(26)27/h4-6,8-11,14H,3,7,12-13,15-16H2,1-2H3,(H,26,27). The maximum absolute atomic E-state index is 13.2. The summed E-state index contributed by atoms with van der Waals surface area (Å²) in [7, 11) is 1.49. The molecule has 0 saturated carbocycles. The predicted octanol–water partition coefficient (Wildman–Crippen LogP) is 3.71. The molecule has 1 heterocycles. The first-order valence-electron chi connectivity index (χ1n) is 9.84. The minimum Gasteiger partial charge on any atom is -0.493 e. The van der Waals surface area contributed by atoms with Gasteiger partial charge in [0.15, 0.2) is 0 Å². The number of hydrogen-bond donors (Lipinski definition) is 1. The van der Waals surface area contributed by atoms with Gasteiger partial charge in [0.1, 0.15) is 11.2 Å². The van der Waals surface area contributed by atoms with Crippen molar-refractivity contribution in [2.45, 2.75) is 19.8 Å². The molecule has 0 radical (unpaired) electrons. The number of aliphatic carboxylic acids is 1. The number of piperidine rings is 1. The van der Waals surface area contributed by atoms with Crippen LogP contribution in [-0.2, 0) is 9.53 Å². The molecule has 1 atom stereocenters. The van der Waals surface area contributed by atoms with E-state index >= 15 is 0 Å². The van der Waals surface area contributed by atoms with E-state index in [1.807, 2.05) is 49.4 Å². The summed E-state index contributed by atoms with van der Waals surface area (Å²) in [5.41, 5.74) is 1.29. The van der Waals surface area contributed by atoms with E-state index in [9.17, 15) is 14.7 Å². The summed E-state index contributed by atoms with van der Waals surface area (Å²) >= 11 is 0.